The predicted octanol–water partition coefficient (Wildman–Crippen LogP) is 2.87. The van der Waals surface area contributed by atoms with Gasteiger partial charge in [-0.2, -0.15) is 0 Å². The van der Waals surface area contributed by atoms with Gasteiger partial charge in [0.05, 0.1) is 17.7 Å². The lowest BCUT2D eigenvalue weighted by Gasteiger charge is -2.18. The van der Waals surface area contributed by atoms with Gasteiger partial charge in [0.1, 0.15) is 11.9 Å². The molecule has 26 heavy (non-hydrogen) atoms. The van der Waals surface area contributed by atoms with Crippen LogP contribution in [-0.4, -0.2) is 30.1 Å². The summed E-state index contributed by atoms with van der Waals surface area (Å²) in [7, 11) is 1.24. The van der Waals surface area contributed by atoms with Gasteiger partial charge in [-0.05, 0) is 42.0 Å². The molecule has 1 unspecified atom stereocenters. The number of methoxy groups -OCH3 is 1. The zero-order valence-electron chi connectivity index (χ0n) is 13.8. The van der Waals surface area contributed by atoms with Crippen molar-refractivity contribution in [2.24, 2.45) is 0 Å². The molecule has 0 heterocycles. The third-order valence-electron chi connectivity index (χ3n) is 3.49. The van der Waals surface area contributed by atoms with Crippen LogP contribution in [-0.2, 0) is 16.0 Å². The van der Waals surface area contributed by atoms with Crippen molar-refractivity contribution in [1.82, 2.24) is 10.6 Å². The van der Waals surface area contributed by atoms with Gasteiger partial charge in [-0.1, -0.05) is 35.9 Å². The van der Waals surface area contributed by atoms with E-state index in [2.05, 4.69) is 10.6 Å². The minimum absolute atomic E-state index is 0.0487. The molecule has 0 radical (unpaired) electrons. The summed E-state index contributed by atoms with van der Waals surface area (Å²) in [4.78, 5) is 24.2. The first-order valence-electron chi connectivity index (χ1n) is 7.59. The summed E-state index contributed by atoms with van der Waals surface area (Å²) in [6.45, 7) is 0. The maximum Gasteiger partial charge on any atom is 0.328 e. The van der Waals surface area contributed by atoms with Gasteiger partial charge in [-0.15, -0.1) is 0 Å². The third kappa shape index (κ3) is 5.50. The molecular weight excluding hydrogens is 379 g/mol. The fourth-order valence-electron chi connectivity index (χ4n) is 2.20. The molecule has 1 amide bonds. The Kier molecular flexibility index (Phi) is 7.06. The highest BCUT2D eigenvalue weighted by molar-refractivity contribution is 7.80. The van der Waals surface area contributed by atoms with E-state index < -0.39 is 17.9 Å². The molecule has 5 nitrogen and oxygen atoms in total. The van der Waals surface area contributed by atoms with Gasteiger partial charge in [0.25, 0.3) is 5.91 Å². The van der Waals surface area contributed by atoms with E-state index in [9.17, 15) is 14.0 Å². The van der Waals surface area contributed by atoms with Crippen molar-refractivity contribution in [3.8, 4) is 0 Å². The number of ether oxygens (including phenoxy) is 1. The molecule has 0 bridgehead atoms. The normalized spacial score (nSPS) is 11.3. The Morgan fingerprint density at radius 1 is 1.19 bits per heavy atom. The largest absolute Gasteiger partial charge is 0.467 e. The summed E-state index contributed by atoms with van der Waals surface area (Å²) in [5, 5.41) is 5.44. The summed E-state index contributed by atoms with van der Waals surface area (Å²) in [6, 6.07) is 11.4. The van der Waals surface area contributed by atoms with Crippen LogP contribution in [0.5, 0.6) is 0 Å². The first-order chi connectivity index (χ1) is 12.4. The molecule has 0 aliphatic rings. The molecule has 0 fully saturated rings. The Bertz CT molecular complexity index is 814. The molecule has 2 N–H and O–H groups in total. The first kappa shape index (κ1) is 19.8. The average molecular weight is 395 g/mol. The molecule has 0 aliphatic heterocycles. The number of carbonyl (C=O) groups excluding carboxylic acids is 2. The SMILES string of the molecule is COC(=O)C(Cc1ccc(F)cc1)NC(=S)NC(=O)c1ccccc1Cl. The second-order valence-electron chi connectivity index (χ2n) is 5.31. The first-order valence-corrected chi connectivity index (χ1v) is 8.38. The zero-order chi connectivity index (χ0) is 19.1. The summed E-state index contributed by atoms with van der Waals surface area (Å²) in [5.74, 6) is -1.44. The lowest BCUT2D eigenvalue weighted by Crippen LogP contribution is -2.49. The van der Waals surface area contributed by atoms with Crippen LogP contribution < -0.4 is 10.6 Å². The number of amides is 1. The smallest absolute Gasteiger partial charge is 0.328 e. The van der Waals surface area contributed by atoms with Gasteiger partial charge >= 0.3 is 5.97 Å². The average Bonchev–Trinajstić information content (AvgIpc) is 2.62. The quantitative estimate of drug-likeness (QED) is 0.603. The standard InChI is InChI=1S/C18H16ClFN2O3S/c1-25-17(24)15(10-11-6-8-12(20)9-7-11)21-18(26)22-16(23)13-4-2-3-5-14(13)19/h2-9,15H,10H2,1H3,(H2,21,22,23,26). The Morgan fingerprint density at radius 3 is 2.46 bits per heavy atom. The molecule has 2 aromatic rings. The summed E-state index contributed by atoms with van der Waals surface area (Å²) < 4.78 is 17.8. The van der Waals surface area contributed by atoms with Crippen LogP contribution in [0.15, 0.2) is 48.5 Å². The Hall–Kier alpha value is -2.51. The van der Waals surface area contributed by atoms with E-state index in [4.69, 9.17) is 28.6 Å². The summed E-state index contributed by atoms with van der Waals surface area (Å²) >= 11 is 11.1. The number of halogens is 2. The molecule has 0 aromatic heterocycles. The van der Waals surface area contributed by atoms with Crippen molar-refractivity contribution >= 4 is 40.8 Å². The number of hydrogen-bond donors (Lipinski definition) is 2. The molecule has 0 saturated heterocycles. The van der Waals surface area contributed by atoms with Crippen LogP contribution in [0.4, 0.5) is 4.39 Å². The molecule has 0 aliphatic carbocycles. The molecule has 2 rings (SSSR count). The number of benzene rings is 2. The van der Waals surface area contributed by atoms with Crippen LogP contribution in [0.2, 0.25) is 5.02 Å². The molecule has 1 atom stereocenters. The van der Waals surface area contributed by atoms with Gasteiger partial charge in [0.15, 0.2) is 5.11 Å². The lowest BCUT2D eigenvalue weighted by molar-refractivity contribution is -0.142. The van der Waals surface area contributed by atoms with Crippen LogP contribution in [0.1, 0.15) is 15.9 Å². The van der Waals surface area contributed by atoms with Crippen molar-refractivity contribution in [2.45, 2.75) is 12.5 Å². The minimum atomic E-state index is -0.843. The molecule has 2 aromatic carbocycles. The van der Waals surface area contributed by atoms with Crippen molar-refractivity contribution in [2.75, 3.05) is 7.11 Å². The number of hydrogen-bond acceptors (Lipinski definition) is 4. The molecular formula is C18H16ClFN2O3S. The summed E-state index contributed by atoms with van der Waals surface area (Å²) in [5.41, 5.74) is 0.959. The van der Waals surface area contributed by atoms with E-state index in [1.54, 1.807) is 36.4 Å². The van der Waals surface area contributed by atoms with E-state index >= 15 is 0 Å². The van der Waals surface area contributed by atoms with Gasteiger partial charge in [-0.3, -0.25) is 10.1 Å². The van der Waals surface area contributed by atoms with Crippen LogP contribution in [0.3, 0.4) is 0 Å². The van der Waals surface area contributed by atoms with E-state index in [0.717, 1.165) is 0 Å². The highest BCUT2D eigenvalue weighted by atomic mass is 35.5. The lowest BCUT2D eigenvalue weighted by atomic mass is 10.1. The number of rotatable bonds is 5. The summed E-state index contributed by atoms with van der Waals surface area (Å²) in [6.07, 6.45) is 0.203. The number of esters is 1. The zero-order valence-corrected chi connectivity index (χ0v) is 15.4. The van der Waals surface area contributed by atoms with Crippen LogP contribution in [0.25, 0.3) is 0 Å². The monoisotopic (exact) mass is 394 g/mol. The van der Waals surface area contributed by atoms with E-state index in [1.165, 1.54) is 19.2 Å². The highest BCUT2D eigenvalue weighted by Gasteiger charge is 2.22. The Labute approximate surface area is 160 Å². The fourth-order valence-corrected chi connectivity index (χ4v) is 2.66. The maximum absolute atomic E-state index is 13.0. The maximum atomic E-state index is 13.0. The van der Waals surface area contributed by atoms with Gasteiger partial charge in [-0.25, -0.2) is 9.18 Å². The van der Waals surface area contributed by atoms with Crippen LogP contribution in [0, 0.1) is 5.82 Å². The number of nitrogens with one attached hydrogen (secondary N) is 2. The second kappa shape index (κ2) is 9.26. The van der Waals surface area contributed by atoms with E-state index in [1.807, 2.05) is 0 Å². The number of thiocarbonyl (C=S) groups is 1. The fraction of sp³-hybridized carbons (Fsp3) is 0.167. The second-order valence-corrected chi connectivity index (χ2v) is 6.13. The van der Waals surface area contributed by atoms with Gasteiger partial charge < -0.3 is 10.1 Å². The molecule has 8 heteroatoms. The van der Waals surface area contributed by atoms with Crippen molar-refractivity contribution in [1.29, 1.82) is 0 Å². The predicted molar refractivity (Wildman–Crippen MR) is 101 cm³/mol. The molecule has 136 valence electrons. The third-order valence-corrected chi connectivity index (χ3v) is 4.04. The minimum Gasteiger partial charge on any atom is -0.467 e. The molecule has 0 spiro atoms. The van der Waals surface area contributed by atoms with Crippen molar-refractivity contribution in [3.63, 3.8) is 0 Å². The van der Waals surface area contributed by atoms with Crippen LogP contribution >= 0.6 is 23.8 Å². The highest BCUT2D eigenvalue weighted by Crippen LogP contribution is 2.14. The number of carbonyl (C=O) groups is 2. The van der Waals surface area contributed by atoms with E-state index in [-0.39, 0.29) is 27.9 Å². The van der Waals surface area contributed by atoms with Gasteiger partial charge in [0, 0.05) is 6.42 Å². The van der Waals surface area contributed by atoms with Gasteiger partial charge in [0.2, 0.25) is 0 Å². The topological polar surface area (TPSA) is 67.4 Å². The van der Waals surface area contributed by atoms with Crippen molar-refractivity contribution in [3.05, 3.63) is 70.5 Å². The Morgan fingerprint density at radius 2 is 1.85 bits per heavy atom. The Balaban J connectivity index is 2.04. The molecule has 0 saturated carbocycles. The van der Waals surface area contributed by atoms with E-state index in [0.29, 0.717) is 5.56 Å². The van der Waals surface area contributed by atoms with Crippen molar-refractivity contribution < 1.29 is 18.7 Å².